The van der Waals surface area contributed by atoms with Crippen molar-refractivity contribution in [1.29, 1.82) is 5.26 Å². The van der Waals surface area contributed by atoms with Crippen molar-refractivity contribution < 1.29 is 4.92 Å². The van der Waals surface area contributed by atoms with Gasteiger partial charge in [-0.2, -0.15) is 5.26 Å². The van der Waals surface area contributed by atoms with E-state index in [1.54, 1.807) is 42.5 Å². The zero-order chi connectivity index (χ0) is 14.5. The fraction of sp³-hybridized carbons (Fsp3) is 0. The number of non-ortho nitro benzene ring substituents is 1. The fourth-order valence-corrected chi connectivity index (χ4v) is 1.79. The summed E-state index contributed by atoms with van der Waals surface area (Å²) < 4.78 is 0. The van der Waals surface area contributed by atoms with Crippen LogP contribution in [0.4, 0.5) is 5.69 Å². The highest BCUT2D eigenvalue weighted by molar-refractivity contribution is 6.30. The molecule has 2 aromatic rings. The number of nitriles is 1. The maximum absolute atomic E-state index is 10.6. The predicted molar refractivity (Wildman–Crippen MR) is 78.0 cm³/mol. The Hall–Kier alpha value is -2.64. The average Bonchev–Trinajstić information content (AvgIpc) is 2.47. The Morgan fingerprint density at radius 3 is 2.25 bits per heavy atom. The van der Waals surface area contributed by atoms with Crippen molar-refractivity contribution >= 4 is 28.9 Å². The van der Waals surface area contributed by atoms with Gasteiger partial charge in [0.1, 0.15) is 0 Å². The first-order valence-corrected chi connectivity index (χ1v) is 6.10. The van der Waals surface area contributed by atoms with Crippen LogP contribution in [0.15, 0.2) is 48.5 Å². The van der Waals surface area contributed by atoms with E-state index >= 15 is 0 Å². The molecule has 0 spiro atoms. The van der Waals surface area contributed by atoms with Gasteiger partial charge in [-0.25, -0.2) is 0 Å². The number of rotatable bonds is 3. The molecule has 0 aliphatic carbocycles. The lowest BCUT2D eigenvalue weighted by atomic mass is 10.0. The number of nitro groups is 1. The van der Waals surface area contributed by atoms with E-state index in [0.29, 0.717) is 16.2 Å². The third-order valence-corrected chi connectivity index (χ3v) is 2.94. The van der Waals surface area contributed by atoms with E-state index in [4.69, 9.17) is 11.6 Å². The molecule has 4 nitrogen and oxygen atoms in total. The van der Waals surface area contributed by atoms with Gasteiger partial charge in [-0.3, -0.25) is 10.1 Å². The minimum atomic E-state index is -0.473. The van der Waals surface area contributed by atoms with Crippen LogP contribution in [-0.2, 0) is 0 Å². The number of halogens is 1. The molecule has 0 saturated heterocycles. The minimum absolute atomic E-state index is 0.00228. The lowest BCUT2D eigenvalue weighted by Crippen LogP contribution is -1.88. The summed E-state index contributed by atoms with van der Waals surface area (Å²) in [5.74, 6) is 0. The third kappa shape index (κ3) is 3.22. The number of allylic oxidation sites excluding steroid dienone is 1. The van der Waals surface area contributed by atoms with Crippen LogP contribution in [0.3, 0.4) is 0 Å². The Morgan fingerprint density at radius 1 is 1.15 bits per heavy atom. The van der Waals surface area contributed by atoms with Crippen LogP contribution in [-0.4, -0.2) is 4.92 Å². The summed E-state index contributed by atoms with van der Waals surface area (Å²) in [7, 11) is 0. The maximum Gasteiger partial charge on any atom is 0.269 e. The van der Waals surface area contributed by atoms with Gasteiger partial charge in [0.2, 0.25) is 0 Å². The monoisotopic (exact) mass is 284 g/mol. The van der Waals surface area contributed by atoms with Crippen molar-refractivity contribution in [3.63, 3.8) is 0 Å². The van der Waals surface area contributed by atoms with E-state index in [2.05, 4.69) is 6.07 Å². The van der Waals surface area contributed by atoms with Gasteiger partial charge in [0.15, 0.2) is 0 Å². The van der Waals surface area contributed by atoms with Crippen LogP contribution in [0, 0.1) is 21.4 Å². The first-order chi connectivity index (χ1) is 9.60. The second-order valence-corrected chi connectivity index (χ2v) is 4.46. The van der Waals surface area contributed by atoms with Gasteiger partial charge >= 0.3 is 0 Å². The van der Waals surface area contributed by atoms with Crippen molar-refractivity contribution in [1.82, 2.24) is 0 Å². The molecule has 0 radical (unpaired) electrons. The SMILES string of the molecule is N#C/C(=C/c1ccc(Cl)cc1)c1ccc([N+](=O)[O-])cc1. The molecule has 0 aliphatic rings. The predicted octanol–water partition coefficient (Wildman–Crippen LogP) is 4.31. The van der Waals surface area contributed by atoms with Gasteiger partial charge in [-0.1, -0.05) is 23.7 Å². The first kappa shape index (κ1) is 13.8. The maximum atomic E-state index is 10.6. The fourth-order valence-electron chi connectivity index (χ4n) is 1.67. The standard InChI is InChI=1S/C15H9ClN2O2/c16-14-5-1-11(2-6-14)9-13(10-17)12-3-7-15(8-4-12)18(19)20/h1-9H/b13-9-. The highest BCUT2D eigenvalue weighted by atomic mass is 35.5. The summed E-state index contributed by atoms with van der Waals surface area (Å²) in [6.07, 6.45) is 1.71. The Balaban J connectivity index is 2.35. The Morgan fingerprint density at radius 2 is 1.75 bits per heavy atom. The average molecular weight is 285 g/mol. The number of hydrogen-bond acceptors (Lipinski definition) is 3. The highest BCUT2D eigenvalue weighted by Crippen LogP contribution is 2.21. The van der Waals surface area contributed by atoms with Crippen molar-refractivity contribution in [3.05, 3.63) is 74.8 Å². The summed E-state index contributed by atoms with van der Waals surface area (Å²) in [5, 5.41) is 20.4. The topological polar surface area (TPSA) is 66.9 Å². The normalized spacial score (nSPS) is 10.9. The zero-order valence-corrected chi connectivity index (χ0v) is 11.0. The molecule has 0 unspecified atom stereocenters. The van der Waals surface area contributed by atoms with E-state index in [0.717, 1.165) is 5.56 Å². The number of nitrogens with zero attached hydrogens (tertiary/aromatic N) is 2. The van der Waals surface area contributed by atoms with Crippen LogP contribution in [0.1, 0.15) is 11.1 Å². The molecule has 0 fully saturated rings. The summed E-state index contributed by atoms with van der Waals surface area (Å²) in [4.78, 5) is 10.1. The van der Waals surface area contributed by atoms with Crippen LogP contribution >= 0.6 is 11.6 Å². The quantitative estimate of drug-likeness (QED) is 0.365. The van der Waals surface area contributed by atoms with Gasteiger partial charge in [-0.05, 0) is 41.5 Å². The molecule has 0 N–H and O–H groups in total. The van der Waals surface area contributed by atoms with Crippen molar-refractivity contribution in [2.45, 2.75) is 0 Å². The Labute approximate surface area is 120 Å². The van der Waals surface area contributed by atoms with Gasteiger partial charge in [0, 0.05) is 17.2 Å². The van der Waals surface area contributed by atoms with Gasteiger partial charge in [0.05, 0.1) is 16.6 Å². The molecule has 2 aromatic carbocycles. The van der Waals surface area contributed by atoms with Crippen LogP contribution < -0.4 is 0 Å². The van der Waals surface area contributed by atoms with Gasteiger partial charge in [-0.15, -0.1) is 0 Å². The van der Waals surface area contributed by atoms with E-state index < -0.39 is 4.92 Å². The third-order valence-electron chi connectivity index (χ3n) is 2.69. The Bertz CT molecular complexity index is 698. The molecule has 20 heavy (non-hydrogen) atoms. The molecule has 0 saturated carbocycles. The first-order valence-electron chi connectivity index (χ1n) is 5.72. The largest absolute Gasteiger partial charge is 0.269 e. The second-order valence-electron chi connectivity index (χ2n) is 4.03. The van der Waals surface area contributed by atoms with Crippen LogP contribution in [0.5, 0.6) is 0 Å². The minimum Gasteiger partial charge on any atom is -0.258 e. The molecule has 98 valence electrons. The number of benzene rings is 2. The molecule has 0 heterocycles. The number of nitro benzene ring substituents is 1. The van der Waals surface area contributed by atoms with Crippen LogP contribution in [0.2, 0.25) is 5.02 Å². The molecular weight excluding hydrogens is 276 g/mol. The van der Waals surface area contributed by atoms with Crippen LogP contribution in [0.25, 0.3) is 11.6 Å². The molecule has 0 bridgehead atoms. The van der Waals surface area contributed by atoms with E-state index in [1.807, 2.05) is 0 Å². The molecule has 5 heteroatoms. The van der Waals surface area contributed by atoms with E-state index in [1.165, 1.54) is 12.1 Å². The lowest BCUT2D eigenvalue weighted by molar-refractivity contribution is -0.384. The lowest BCUT2D eigenvalue weighted by Gasteiger charge is -2.00. The van der Waals surface area contributed by atoms with Crippen molar-refractivity contribution in [3.8, 4) is 6.07 Å². The molecule has 0 aliphatic heterocycles. The molecule has 0 aromatic heterocycles. The van der Waals surface area contributed by atoms with Gasteiger partial charge in [0.25, 0.3) is 5.69 Å². The summed E-state index contributed by atoms with van der Waals surface area (Å²) in [6, 6.07) is 15.0. The van der Waals surface area contributed by atoms with E-state index in [-0.39, 0.29) is 5.69 Å². The number of hydrogen-bond donors (Lipinski definition) is 0. The van der Waals surface area contributed by atoms with Crippen molar-refractivity contribution in [2.24, 2.45) is 0 Å². The van der Waals surface area contributed by atoms with Crippen molar-refractivity contribution in [2.75, 3.05) is 0 Å². The van der Waals surface area contributed by atoms with E-state index in [9.17, 15) is 15.4 Å². The molecule has 0 amide bonds. The van der Waals surface area contributed by atoms with Gasteiger partial charge < -0.3 is 0 Å². The smallest absolute Gasteiger partial charge is 0.258 e. The Kier molecular flexibility index (Phi) is 4.14. The molecular formula is C15H9ClN2O2. The molecule has 2 rings (SSSR count). The zero-order valence-electron chi connectivity index (χ0n) is 10.3. The summed E-state index contributed by atoms with van der Waals surface area (Å²) in [6.45, 7) is 0. The second kappa shape index (κ2) is 6.00. The molecule has 0 atom stereocenters. The summed E-state index contributed by atoms with van der Waals surface area (Å²) >= 11 is 5.80. The summed E-state index contributed by atoms with van der Waals surface area (Å²) in [5.41, 5.74) is 1.90. The highest BCUT2D eigenvalue weighted by Gasteiger charge is 2.06.